The summed E-state index contributed by atoms with van der Waals surface area (Å²) in [6, 6.07) is 6.01. The number of carbonyl (C=O) groups is 1. The van der Waals surface area contributed by atoms with Crippen molar-refractivity contribution >= 4 is 39.8 Å². The van der Waals surface area contributed by atoms with Gasteiger partial charge in [0.1, 0.15) is 5.82 Å². The summed E-state index contributed by atoms with van der Waals surface area (Å²) >= 11 is 3.04. The van der Waals surface area contributed by atoms with Gasteiger partial charge in [-0.25, -0.2) is 4.98 Å². The molecule has 0 saturated carbocycles. The van der Waals surface area contributed by atoms with E-state index in [2.05, 4.69) is 28.7 Å². The Hall–Kier alpha value is -2.45. The molecule has 0 N–H and O–H groups in total. The van der Waals surface area contributed by atoms with E-state index in [-0.39, 0.29) is 5.91 Å². The van der Waals surface area contributed by atoms with E-state index in [0.717, 1.165) is 27.9 Å². The van der Waals surface area contributed by atoms with E-state index in [1.54, 1.807) is 23.6 Å². The Kier molecular flexibility index (Phi) is 6.31. The number of allylic oxidation sites excluding steroid dienone is 1. The average molecular weight is 414 g/mol. The highest BCUT2D eigenvalue weighted by atomic mass is 32.2. The van der Waals surface area contributed by atoms with Gasteiger partial charge in [0.2, 0.25) is 5.91 Å². The van der Waals surface area contributed by atoms with Crippen LogP contribution in [0.4, 0.5) is 10.8 Å². The molecule has 0 bridgehead atoms. The third kappa shape index (κ3) is 4.34. The van der Waals surface area contributed by atoms with E-state index in [4.69, 9.17) is 0 Å². The van der Waals surface area contributed by atoms with Crippen LogP contribution in [0.3, 0.4) is 0 Å². The summed E-state index contributed by atoms with van der Waals surface area (Å²) in [5, 5.41) is 11.9. The van der Waals surface area contributed by atoms with Crippen LogP contribution in [-0.2, 0) is 17.1 Å². The molecule has 8 heteroatoms. The number of carbonyl (C=O) groups excluding carboxylic acids is 1. The van der Waals surface area contributed by atoms with Gasteiger partial charge in [-0.05, 0) is 44.0 Å². The second kappa shape index (κ2) is 8.70. The second-order valence-electron chi connectivity index (χ2n) is 6.46. The lowest BCUT2D eigenvalue weighted by Crippen LogP contribution is -2.22. The Morgan fingerprint density at radius 3 is 2.75 bits per heavy atom. The Bertz CT molecular complexity index is 1010. The molecule has 0 radical (unpaired) electrons. The van der Waals surface area contributed by atoms with Crippen LogP contribution in [0, 0.1) is 20.8 Å². The van der Waals surface area contributed by atoms with Crippen molar-refractivity contribution < 1.29 is 4.79 Å². The largest absolute Gasteiger partial charge is 0.302 e. The predicted octanol–water partition coefficient (Wildman–Crippen LogP) is 4.82. The summed E-state index contributed by atoms with van der Waals surface area (Å²) in [4.78, 5) is 18.7. The fourth-order valence-electron chi connectivity index (χ4n) is 2.70. The monoisotopic (exact) mass is 413 g/mol. The summed E-state index contributed by atoms with van der Waals surface area (Å²) in [6.07, 6.45) is 1.83. The van der Waals surface area contributed by atoms with E-state index >= 15 is 0 Å². The minimum atomic E-state index is -0.0573. The summed E-state index contributed by atoms with van der Waals surface area (Å²) in [5.41, 5.74) is 4.09. The van der Waals surface area contributed by atoms with Gasteiger partial charge in [0, 0.05) is 24.6 Å². The molecule has 0 atom stereocenters. The first-order valence-electron chi connectivity index (χ1n) is 8.86. The molecule has 0 spiro atoms. The van der Waals surface area contributed by atoms with Crippen molar-refractivity contribution in [2.24, 2.45) is 0 Å². The van der Waals surface area contributed by atoms with Crippen molar-refractivity contribution in [3.63, 3.8) is 0 Å². The first-order valence-corrected chi connectivity index (χ1v) is 10.7. The summed E-state index contributed by atoms with van der Waals surface area (Å²) < 4.78 is 2.02. The first kappa shape index (κ1) is 20.3. The van der Waals surface area contributed by atoms with Gasteiger partial charge >= 0.3 is 0 Å². The highest BCUT2D eigenvalue weighted by Gasteiger charge is 2.19. The molecular weight excluding hydrogens is 390 g/mol. The van der Waals surface area contributed by atoms with Gasteiger partial charge in [-0.3, -0.25) is 9.69 Å². The van der Waals surface area contributed by atoms with Gasteiger partial charge in [0.15, 0.2) is 10.3 Å². The number of aromatic nitrogens is 4. The van der Waals surface area contributed by atoms with Crippen LogP contribution in [0.2, 0.25) is 0 Å². The van der Waals surface area contributed by atoms with Crippen LogP contribution in [0.5, 0.6) is 0 Å². The molecule has 2 aromatic heterocycles. The highest BCUT2D eigenvalue weighted by molar-refractivity contribution is 7.98. The maximum atomic E-state index is 12.3. The van der Waals surface area contributed by atoms with Gasteiger partial charge in [-0.1, -0.05) is 23.9 Å². The number of rotatable bonds is 7. The summed E-state index contributed by atoms with van der Waals surface area (Å²) in [5.74, 6) is 1.46. The van der Waals surface area contributed by atoms with Crippen molar-refractivity contribution in [3.8, 4) is 0 Å². The predicted molar refractivity (Wildman–Crippen MR) is 115 cm³/mol. The molecule has 28 heavy (non-hydrogen) atoms. The van der Waals surface area contributed by atoms with E-state index in [9.17, 15) is 4.79 Å². The molecule has 146 valence electrons. The molecule has 3 aromatic rings. The normalized spacial score (nSPS) is 10.9. The van der Waals surface area contributed by atoms with E-state index in [0.29, 0.717) is 17.4 Å². The Morgan fingerprint density at radius 2 is 2.07 bits per heavy atom. The lowest BCUT2D eigenvalue weighted by Gasteiger charge is -2.19. The number of hydrogen-bond acceptors (Lipinski definition) is 6. The molecule has 2 heterocycles. The lowest BCUT2D eigenvalue weighted by molar-refractivity contribution is -0.115. The number of nitrogens with zero attached hydrogens (tertiary/aromatic N) is 5. The molecular formula is C20H23N5OS2. The van der Waals surface area contributed by atoms with Crippen LogP contribution < -0.4 is 4.90 Å². The maximum absolute atomic E-state index is 12.3. The average Bonchev–Trinajstić information content (AvgIpc) is 3.24. The van der Waals surface area contributed by atoms with Gasteiger partial charge in [0.05, 0.1) is 11.4 Å². The fourth-order valence-corrected chi connectivity index (χ4v) is 4.58. The van der Waals surface area contributed by atoms with E-state index in [1.807, 2.05) is 48.1 Å². The summed E-state index contributed by atoms with van der Waals surface area (Å²) in [6.45, 7) is 12.0. The molecule has 6 nitrogen and oxygen atoms in total. The number of aryl methyl sites for hydroxylation is 3. The van der Waals surface area contributed by atoms with Gasteiger partial charge in [-0.15, -0.1) is 28.1 Å². The topological polar surface area (TPSA) is 63.9 Å². The standard InChI is InChI=1S/C20H23N5OS2/c1-6-9-24-15(4)22-23-20(24)28-12-17-11-27-19(21-17)25(16(5)26)18-8-7-13(2)14(3)10-18/h6-8,10-11H,1,9,12H2,2-5H3. The molecule has 0 aliphatic rings. The van der Waals surface area contributed by atoms with Gasteiger partial charge in [-0.2, -0.15) is 0 Å². The van der Waals surface area contributed by atoms with Crippen molar-refractivity contribution in [1.82, 2.24) is 19.7 Å². The number of thiazole rings is 1. The smallest absolute Gasteiger partial charge is 0.230 e. The Morgan fingerprint density at radius 1 is 1.29 bits per heavy atom. The molecule has 0 aliphatic carbocycles. The minimum absolute atomic E-state index is 0.0573. The first-order chi connectivity index (χ1) is 13.4. The van der Waals surface area contributed by atoms with Crippen molar-refractivity contribution in [2.75, 3.05) is 4.90 Å². The van der Waals surface area contributed by atoms with Crippen molar-refractivity contribution in [2.45, 2.75) is 45.1 Å². The molecule has 0 fully saturated rings. The van der Waals surface area contributed by atoms with Gasteiger partial charge < -0.3 is 4.57 Å². The molecule has 3 rings (SSSR count). The number of amides is 1. The third-order valence-corrected chi connectivity index (χ3v) is 6.23. The van der Waals surface area contributed by atoms with Crippen LogP contribution >= 0.6 is 23.1 Å². The van der Waals surface area contributed by atoms with Crippen LogP contribution in [0.25, 0.3) is 0 Å². The van der Waals surface area contributed by atoms with Gasteiger partial charge in [0.25, 0.3) is 0 Å². The minimum Gasteiger partial charge on any atom is -0.302 e. The quantitative estimate of drug-likeness (QED) is 0.410. The zero-order valence-electron chi connectivity index (χ0n) is 16.5. The van der Waals surface area contributed by atoms with E-state index < -0.39 is 0 Å². The fraction of sp³-hybridized carbons (Fsp3) is 0.300. The number of anilines is 2. The maximum Gasteiger partial charge on any atom is 0.230 e. The van der Waals surface area contributed by atoms with Crippen molar-refractivity contribution in [1.29, 1.82) is 0 Å². The molecule has 1 aromatic carbocycles. The number of benzene rings is 1. The van der Waals surface area contributed by atoms with Crippen LogP contribution in [0.15, 0.2) is 41.4 Å². The Balaban J connectivity index is 1.79. The third-order valence-electron chi connectivity index (χ3n) is 4.36. The SMILES string of the molecule is C=CCn1c(C)nnc1SCc1csc(N(C(C)=O)c2ccc(C)c(C)c2)n1. The number of hydrogen-bond donors (Lipinski definition) is 0. The zero-order chi connectivity index (χ0) is 20.3. The lowest BCUT2D eigenvalue weighted by atomic mass is 10.1. The molecule has 0 aliphatic heterocycles. The number of thioether (sulfide) groups is 1. The zero-order valence-corrected chi connectivity index (χ0v) is 18.1. The molecule has 0 unspecified atom stereocenters. The van der Waals surface area contributed by atoms with Crippen molar-refractivity contribution in [3.05, 3.63) is 58.9 Å². The van der Waals surface area contributed by atoms with E-state index in [1.165, 1.54) is 16.9 Å². The summed E-state index contributed by atoms with van der Waals surface area (Å²) in [7, 11) is 0. The molecule has 0 saturated heterocycles. The second-order valence-corrected chi connectivity index (χ2v) is 8.24. The van der Waals surface area contributed by atoms with Crippen LogP contribution in [-0.4, -0.2) is 25.7 Å². The highest BCUT2D eigenvalue weighted by Crippen LogP contribution is 2.32. The van der Waals surface area contributed by atoms with Crippen LogP contribution in [0.1, 0.15) is 29.6 Å². The molecule has 1 amide bonds. The Labute approximate surface area is 173 Å².